The first-order chi connectivity index (χ1) is 28.3. The first-order valence-electron chi connectivity index (χ1n) is 21.1. The van der Waals surface area contributed by atoms with Crippen molar-refractivity contribution in [1.82, 2.24) is 0 Å². The smallest absolute Gasteiger partial charge is 0.0493 e. The van der Waals surface area contributed by atoms with Crippen LogP contribution < -0.4 is 9.80 Å². The number of nitrogens with zero attached hydrogens (tertiary/aromatic N) is 2. The van der Waals surface area contributed by atoms with Crippen molar-refractivity contribution in [3.63, 3.8) is 0 Å². The molecule has 2 aliphatic carbocycles. The van der Waals surface area contributed by atoms with Gasteiger partial charge in [-0.3, -0.25) is 0 Å². The van der Waals surface area contributed by atoms with E-state index in [2.05, 4.69) is 195 Å². The summed E-state index contributed by atoms with van der Waals surface area (Å²) in [6.45, 7) is 9.93. The van der Waals surface area contributed by atoms with E-state index in [1.54, 1.807) is 0 Å². The van der Waals surface area contributed by atoms with Crippen molar-refractivity contribution in [1.29, 1.82) is 0 Å². The summed E-state index contributed by atoms with van der Waals surface area (Å²) in [6.07, 6.45) is 4.16. The van der Waals surface area contributed by atoms with Crippen LogP contribution in [0.2, 0.25) is 0 Å². The van der Waals surface area contributed by atoms with Crippen molar-refractivity contribution in [3.05, 3.63) is 202 Å². The second kappa shape index (κ2) is 12.1. The molecule has 0 spiro atoms. The van der Waals surface area contributed by atoms with Gasteiger partial charge in [-0.25, -0.2) is 0 Å². The Labute approximate surface area is 342 Å². The Morgan fingerprint density at radius 1 is 0.362 bits per heavy atom. The molecular formula is C56H46N2. The van der Waals surface area contributed by atoms with Gasteiger partial charge in [0.25, 0.3) is 0 Å². The van der Waals surface area contributed by atoms with E-state index in [4.69, 9.17) is 0 Å². The number of hydrogen-bond acceptors (Lipinski definition) is 2. The Morgan fingerprint density at radius 3 is 1.02 bits per heavy atom. The molecular weight excluding hydrogens is 701 g/mol. The highest BCUT2D eigenvalue weighted by Crippen LogP contribution is 2.63. The molecule has 8 aromatic rings. The Kier molecular flexibility index (Phi) is 7.02. The van der Waals surface area contributed by atoms with Gasteiger partial charge in [-0.2, -0.15) is 0 Å². The van der Waals surface area contributed by atoms with Crippen LogP contribution in [0.15, 0.2) is 158 Å². The highest BCUT2D eigenvalue weighted by atomic mass is 15.2. The van der Waals surface area contributed by atoms with E-state index in [1.807, 2.05) is 0 Å². The van der Waals surface area contributed by atoms with Crippen LogP contribution in [-0.4, -0.2) is 0 Å². The molecule has 0 aromatic heterocycles. The fourth-order valence-corrected chi connectivity index (χ4v) is 11.4. The lowest BCUT2D eigenvalue weighted by molar-refractivity contribution is 0.602. The predicted octanol–water partition coefficient (Wildman–Crippen LogP) is 14.6. The number of hydrogen-bond donors (Lipinski definition) is 0. The van der Waals surface area contributed by atoms with Crippen molar-refractivity contribution < 1.29 is 0 Å². The van der Waals surface area contributed by atoms with Crippen LogP contribution in [0.25, 0.3) is 33.0 Å². The van der Waals surface area contributed by atoms with E-state index in [0.717, 1.165) is 25.7 Å². The average molecular weight is 747 g/mol. The minimum Gasteiger partial charge on any atom is -0.310 e. The first kappa shape index (κ1) is 33.7. The molecule has 2 aliphatic heterocycles. The molecule has 2 heterocycles. The monoisotopic (exact) mass is 746 g/mol. The summed E-state index contributed by atoms with van der Waals surface area (Å²) in [4.78, 5) is 5.06. The van der Waals surface area contributed by atoms with E-state index in [9.17, 15) is 0 Å². The maximum absolute atomic E-state index is 2.53. The average Bonchev–Trinajstić information content (AvgIpc) is 3.44. The molecule has 0 fully saturated rings. The molecule has 58 heavy (non-hydrogen) atoms. The predicted molar refractivity (Wildman–Crippen MR) is 243 cm³/mol. The summed E-state index contributed by atoms with van der Waals surface area (Å²) >= 11 is 0. The van der Waals surface area contributed by atoms with Gasteiger partial charge in [-0.05, 0) is 152 Å². The summed E-state index contributed by atoms with van der Waals surface area (Å²) in [5.41, 5.74) is 24.1. The van der Waals surface area contributed by atoms with Crippen LogP contribution in [-0.2, 0) is 36.5 Å². The highest BCUT2D eigenvalue weighted by molar-refractivity contribution is 6.13. The maximum atomic E-state index is 2.53. The topological polar surface area (TPSA) is 6.48 Å². The van der Waals surface area contributed by atoms with Crippen molar-refractivity contribution in [2.45, 2.75) is 64.2 Å². The van der Waals surface area contributed by atoms with Gasteiger partial charge in [0.15, 0.2) is 0 Å². The Morgan fingerprint density at radius 2 is 0.672 bits per heavy atom. The third-order valence-corrected chi connectivity index (χ3v) is 14.1. The minimum atomic E-state index is -0.232. The molecule has 0 N–H and O–H groups in total. The number of fused-ring (bicyclic) bond motifs is 14. The van der Waals surface area contributed by atoms with Gasteiger partial charge >= 0.3 is 0 Å². The third kappa shape index (κ3) is 4.55. The van der Waals surface area contributed by atoms with Crippen LogP contribution in [0.5, 0.6) is 0 Å². The van der Waals surface area contributed by atoms with Gasteiger partial charge in [0.1, 0.15) is 0 Å². The molecule has 0 atom stereocenters. The number of anilines is 6. The van der Waals surface area contributed by atoms with E-state index >= 15 is 0 Å². The fraction of sp³-hybridized carbons (Fsp3) is 0.179. The molecule has 8 aromatic carbocycles. The molecule has 12 rings (SSSR count). The van der Waals surface area contributed by atoms with Gasteiger partial charge in [0.2, 0.25) is 0 Å². The van der Waals surface area contributed by atoms with Crippen molar-refractivity contribution >= 4 is 44.9 Å². The molecule has 4 aliphatic rings. The quantitative estimate of drug-likeness (QED) is 0.174. The van der Waals surface area contributed by atoms with Crippen LogP contribution in [0.3, 0.4) is 0 Å². The molecule has 2 nitrogen and oxygen atoms in total. The van der Waals surface area contributed by atoms with Crippen molar-refractivity contribution in [2.24, 2.45) is 0 Å². The molecule has 0 unspecified atom stereocenters. The zero-order valence-corrected chi connectivity index (χ0v) is 33.7. The lowest BCUT2D eigenvalue weighted by Gasteiger charge is -2.32. The van der Waals surface area contributed by atoms with Gasteiger partial charge in [-0.15, -0.1) is 0 Å². The van der Waals surface area contributed by atoms with Gasteiger partial charge in [0.05, 0.1) is 0 Å². The van der Waals surface area contributed by atoms with E-state index in [-0.39, 0.29) is 10.8 Å². The summed E-state index contributed by atoms with van der Waals surface area (Å²) in [5, 5.41) is 2.70. The number of rotatable bonds is 2. The lowest BCUT2D eigenvalue weighted by Crippen LogP contribution is -2.24. The molecule has 2 heteroatoms. The second-order valence-corrected chi connectivity index (χ2v) is 17.9. The molecule has 0 bridgehead atoms. The van der Waals surface area contributed by atoms with Crippen LogP contribution in [0, 0.1) is 0 Å². The minimum absolute atomic E-state index is 0.232. The van der Waals surface area contributed by atoms with Crippen LogP contribution >= 0.6 is 0 Å². The number of para-hydroxylation sites is 4. The number of benzene rings is 8. The lowest BCUT2D eigenvalue weighted by atomic mass is 9.71. The summed E-state index contributed by atoms with van der Waals surface area (Å²) in [7, 11) is 0. The molecule has 0 saturated carbocycles. The molecule has 0 saturated heterocycles. The molecule has 280 valence electrons. The van der Waals surface area contributed by atoms with Crippen LogP contribution in [0.1, 0.15) is 72.2 Å². The summed E-state index contributed by atoms with van der Waals surface area (Å²) in [6, 6.07) is 59.9. The normalized spacial score (nSPS) is 16.2. The first-order valence-corrected chi connectivity index (χ1v) is 21.1. The standard InChI is InChI=1S/C56H46N2/c1-55(2)45-33-39(57-47-21-11-5-15-35(47)25-26-36-16-6-12-22-48(36)57)29-31-43(45)51-41-19-9-10-20-42(41)52-44-32-30-40(34-46(44)56(3,4)54(52)53(51)55)58-49-23-13-7-17-37(49)27-28-38-18-8-14-24-50(38)58/h5-24,29-34H,25-28H2,1-4H3. The highest BCUT2D eigenvalue weighted by Gasteiger charge is 2.48. The zero-order valence-electron chi connectivity index (χ0n) is 33.7. The summed E-state index contributed by atoms with van der Waals surface area (Å²) in [5.74, 6) is 0. The van der Waals surface area contributed by atoms with Crippen molar-refractivity contribution in [3.8, 4) is 22.3 Å². The zero-order chi connectivity index (χ0) is 38.9. The summed E-state index contributed by atoms with van der Waals surface area (Å²) < 4.78 is 0. The molecule has 0 amide bonds. The SMILES string of the molecule is CC1(C)c2cc(N3c4ccccc4CCc4ccccc43)ccc2-c2c1c1c(c3ccccc23)-c2ccc(N3c4ccccc4CCc4ccccc43)cc2C1(C)C. The second-order valence-electron chi connectivity index (χ2n) is 17.9. The Balaban J connectivity index is 1.06. The van der Waals surface area contributed by atoms with Gasteiger partial charge in [-0.1, -0.05) is 137 Å². The molecule has 0 radical (unpaired) electrons. The number of aryl methyl sites for hydroxylation is 4. The largest absolute Gasteiger partial charge is 0.310 e. The Bertz CT molecular complexity index is 2740. The van der Waals surface area contributed by atoms with E-state index in [0.29, 0.717) is 0 Å². The third-order valence-electron chi connectivity index (χ3n) is 14.1. The van der Waals surface area contributed by atoms with Crippen LogP contribution in [0.4, 0.5) is 34.1 Å². The maximum Gasteiger partial charge on any atom is 0.0493 e. The van der Waals surface area contributed by atoms with E-state index in [1.165, 1.54) is 112 Å². The fourth-order valence-electron chi connectivity index (χ4n) is 11.4. The van der Waals surface area contributed by atoms with E-state index < -0.39 is 0 Å². The Hall–Kier alpha value is -6.38. The van der Waals surface area contributed by atoms with Gasteiger partial charge < -0.3 is 9.80 Å². The van der Waals surface area contributed by atoms with Crippen molar-refractivity contribution in [2.75, 3.05) is 9.80 Å². The van der Waals surface area contributed by atoms with Gasteiger partial charge in [0, 0.05) is 45.0 Å².